The molecule has 0 aliphatic heterocycles. The molecule has 0 saturated heterocycles. The molecule has 1 unspecified atom stereocenters. The van der Waals surface area contributed by atoms with Crippen LogP contribution in [0, 0.1) is 5.92 Å². The fourth-order valence-electron chi connectivity index (χ4n) is 2.86. The lowest BCUT2D eigenvalue weighted by Crippen LogP contribution is -2.44. The topological polar surface area (TPSA) is 78.4 Å². The maximum Gasteiger partial charge on any atom is 0.271 e. The average Bonchev–Trinajstić information content (AvgIpc) is 2.58. The summed E-state index contributed by atoms with van der Waals surface area (Å²) in [6, 6.07) is 8.62. The van der Waals surface area contributed by atoms with Crippen LogP contribution in [0.3, 0.4) is 0 Å². The number of rotatable bonds is 5. The standard InChI is InChI=1S/C17H24N2O3/c20-15(12-11-13-7-3-1-4-8-13)18-19-17(22)16(21)14-9-5-2-6-10-14/h2,5-6,9-10,13,16,21H,1,3-4,7-8,11-12H2,(H,18,20)(H,19,22). The second kappa shape index (κ2) is 8.54. The van der Waals surface area contributed by atoms with Gasteiger partial charge in [0, 0.05) is 6.42 Å². The number of carbonyl (C=O) groups is 2. The van der Waals surface area contributed by atoms with Crippen molar-refractivity contribution in [1.29, 1.82) is 0 Å². The van der Waals surface area contributed by atoms with Gasteiger partial charge >= 0.3 is 0 Å². The number of nitrogens with one attached hydrogen (secondary N) is 2. The Morgan fingerprint density at radius 3 is 2.45 bits per heavy atom. The molecule has 5 nitrogen and oxygen atoms in total. The summed E-state index contributed by atoms with van der Waals surface area (Å²) in [5.41, 5.74) is 5.15. The molecule has 2 amide bonds. The normalized spacial score (nSPS) is 16.8. The second-order valence-corrected chi connectivity index (χ2v) is 5.89. The van der Waals surface area contributed by atoms with E-state index in [2.05, 4.69) is 10.9 Å². The first-order valence-electron chi connectivity index (χ1n) is 7.98. The summed E-state index contributed by atoms with van der Waals surface area (Å²) in [6.07, 6.45) is 6.21. The quantitative estimate of drug-likeness (QED) is 0.730. The largest absolute Gasteiger partial charge is 0.378 e. The van der Waals surface area contributed by atoms with E-state index >= 15 is 0 Å². The molecule has 1 saturated carbocycles. The highest BCUT2D eigenvalue weighted by molar-refractivity contribution is 5.85. The molecule has 0 radical (unpaired) electrons. The number of aliphatic hydroxyl groups is 1. The Bertz CT molecular complexity index is 484. The van der Waals surface area contributed by atoms with Crippen LogP contribution in [0.5, 0.6) is 0 Å². The molecule has 2 rings (SSSR count). The minimum atomic E-state index is -1.28. The van der Waals surface area contributed by atoms with Gasteiger partial charge in [0.25, 0.3) is 5.91 Å². The van der Waals surface area contributed by atoms with Gasteiger partial charge in [-0.3, -0.25) is 20.4 Å². The van der Waals surface area contributed by atoms with Gasteiger partial charge in [-0.1, -0.05) is 62.4 Å². The number of carbonyl (C=O) groups excluding carboxylic acids is 2. The molecule has 0 spiro atoms. The highest BCUT2D eigenvalue weighted by Crippen LogP contribution is 2.27. The van der Waals surface area contributed by atoms with Crippen molar-refractivity contribution in [1.82, 2.24) is 10.9 Å². The fraction of sp³-hybridized carbons (Fsp3) is 0.529. The Hall–Kier alpha value is -1.88. The predicted molar refractivity (Wildman–Crippen MR) is 83.5 cm³/mol. The van der Waals surface area contributed by atoms with Crippen molar-refractivity contribution in [2.75, 3.05) is 0 Å². The van der Waals surface area contributed by atoms with E-state index in [-0.39, 0.29) is 5.91 Å². The molecule has 0 heterocycles. The highest BCUT2D eigenvalue weighted by Gasteiger charge is 2.18. The minimum absolute atomic E-state index is 0.209. The zero-order valence-electron chi connectivity index (χ0n) is 12.8. The van der Waals surface area contributed by atoms with Crippen molar-refractivity contribution in [2.45, 2.75) is 51.0 Å². The summed E-state index contributed by atoms with van der Waals surface area (Å²) in [6.45, 7) is 0. The zero-order chi connectivity index (χ0) is 15.8. The molecular weight excluding hydrogens is 280 g/mol. The van der Waals surface area contributed by atoms with Gasteiger partial charge < -0.3 is 5.11 Å². The van der Waals surface area contributed by atoms with Crippen LogP contribution >= 0.6 is 0 Å². The van der Waals surface area contributed by atoms with Gasteiger partial charge in [-0.05, 0) is 17.9 Å². The summed E-state index contributed by atoms with van der Waals surface area (Å²) in [4.78, 5) is 23.5. The van der Waals surface area contributed by atoms with Crippen molar-refractivity contribution in [3.8, 4) is 0 Å². The third kappa shape index (κ3) is 5.15. The molecule has 120 valence electrons. The van der Waals surface area contributed by atoms with Crippen LogP contribution < -0.4 is 10.9 Å². The highest BCUT2D eigenvalue weighted by atomic mass is 16.3. The first kappa shape index (κ1) is 16.5. The molecule has 5 heteroatoms. The van der Waals surface area contributed by atoms with E-state index in [4.69, 9.17) is 0 Å². The van der Waals surface area contributed by atoms with Crippen LogP contribution in [-0.4, -0.2) is 16.9 Å². The summed E-state index contributed by atoms with van der Waals surface area (Å²) >= 11 is 0. The van der Waals surface area contributed by atoms with Crippen LogP contribution in [0.25, 0.3) is 0 Å². The van der Waals surface area contributed by atoms with E-state index in [0.717, 1.165) is 6.42 Å². The number of amides is 2. The van der Waals surface area contributed by atoms with E-state index < -0.39 is 12.0 Å². The number of aliphatic hydroxyl groups excluding tert-OH is 1. The third-order valence-electron chi connectivity index (χ3n) is 4.19. The van der Waals surface area contributed by atoms with Crippen LogP contribution in [0.1, 0.15) is 56.6 Å². The van der Waals surface area contributed by atoms with Crippen molar-refractivity contribution < 1.29 is 14.7 Å². The zero-order valence-corrected chi connectivity index (χ0v) is 12.8. The van der Waals surface area contributed by atoms with Crippen LogP contribution in [-0.2, 0) is 9.59 Å². The molecule has 0 bridgehead atoms. The molecule has 1 aliphatic carbocycles. The Morgan fingerprint density at radius 1 is 1.09 bits per heavy atom. The first-order chi connectivity index (χ1) is 10.7. The second-order valence-electron chi connectivity index (χ2n) is 5.89. The van der Waals surface area contributed by atoms with Crippen LogP contribution in [0.2, 0.25) is 0 Å². The Kier molecular flexibility index (Phi) is 6.40. The van der Waals surface area contributed by atoms with Gasteiger partial charge in [0.1, 0.15) is 0 Å². The molecular formula is C17H24N2O3. The molecule has 1 aromatic rings. The Labute approximate surface area is 131 Å². The molecule has 1 aliphatic rings. The van der Waals surface area contributed by atoms with Gasteiger partial charge in [-0.15, -0.1) is 0 Å². The maximum atomic E-state index is 11.8. The van der Waals surface area contributed by atoms with E-state index in [1.165, 1.54) is 32.1 Å². The summed E-state index contributed by atoms with van der Waals surface area (Å²) < 4.78 is 0. The Balaban J connectivity index is 1.68. The van der Waals surface area contributed by atoms with Crippen molar-refractivity contribution in [3.05, 3.63) is 35.9 Å². The van der Waals surface area contributed by atoms with Gasteiger partial charge in [0.2, 0.25) is 5.91 Å². The number of benzene rings is 1. The van der Waals surface area contributed by atoms with E-state index in [1.807, 2.05) is 0 Å². The smallest absolute Gasteiger partial charge is 0.271 e. The van der Waals surface area contributed by atoms with Gasteiger partial charge in [-0.25, -0.2) is 0 Å². The fourth-order valence-corrected chi connectivity index (χ4v) is 2.86. The van der Waals surface area contributed by atoms with Gasteiger partial charge in [-0.2, -0.15) is 0 Å². The van der Waals surface area contributed by atoms with Crippen molar-refractivity contribution in [3.63, 3.8) is 0 Å². The minimum Gasteiger partial charge on any atom is -0.378 e. The molecule has 1 atom stereocenters. The lowest BCUT2D eigenvalue weighted by molar-refractivity contribution is -0.134. The number of hydrogen-bond acceptors (Lipinski definition) is 3. The maximum absolute atomic E-state index is 11.8. The van der Waals surface area contributed by atoms with Crippen molar-refractivity contribution >= 4 is 11.8 Å². The molecule has 22 heavy (non-hydrogen) atoms. The summed E-state index contributed by atoms with van der Waals surface area (Å²) in [7, 11) is 0. The summed E-state index contributed by atoms with van der Waals surface area (Å²) in [5.74, 6) is -0.207. The third-order valence-corrected chi connectivity index (χ3v) is 4.19. The van der Waals surface area contributed by atoms with Gasteiger partial charge in [0.05, 0.1) is 0 Å². The Morgan fingerprint density at radius 2 is 1.77 bits per heavy atom. The monoisotopic (exact) mass is 304 g/mol. The molecule has 1 aromatic carbocycles. The van der Waals surface area contributed by atoms with E-state index in [1.54, 1.807) is 30.3 Å². The molecule has 1 fully saturated rings. The predicted octanol–water partition coefficient (Wildman–Crippen LogP) is 2.23. The van der Waals surface area contributed by atoms with Gasteiger partial charge in [0.15, 0.2) is 6.10 Å². The first-order valence-corrected chi connectivity index (χ1v) is 7.98. The average molecular weight is 304 g/mol. The SMILES string of the molecule is O=C(CCC1CCCCC1)NNC(=O)C(O)c1ccccc1. The van der Waals surface area contributed by atoms with Crippen LogP contribution in [0.4, 0.5) is 0 Å². The molecule has 3 N–H and O–H groups in total. The summed E-state index contributed by atoms with van der Waals surface area (Å²) in [5, 5.41) is 9.87. The number of hydrogen-bond donors (Lipinski definition) is 3. The lowest BCUT2D eigenvalue weighted by atomic mass is 9.86. The number of hydrazine groups is 1. The van der Waals surface area contributed by atoms with E-state index in [0.29, 0.717) is 17.9 Å². The molecule has 0 aromatic heterocycles. The van der Waals surface area contributed by atoms with E-state index in [9.17, 15) is 14.7 Å². The lowest BCUT2D eigenvalue weighted by Gasteiger charge is -2.21. The van der Waals surface area contributed by atoms with Crippen LogP contribution in [0.15, 0.2) is 30.3 Å². The van der Waals surface area contributed by atoms with Crippen molar-refractivity contribution in [2.24, 2.45) is 5.92 Å².